The van der Waals surface area contributed by atoms with Crippen molar-refractivity contribution < 1.29 is 34.6 Å². The first-order valence-electron chi connectivity index (χ1n) is 21.1. The van der Waals surface area contributed by atoms with Crippen LogP contribution < -0.4 is 15.8 Å². The number of benzene rings is 3. The first-order chi connectivity index (χ1) is 27.9. The maximum Gasteiger partial charge on any atom is 0.161 e. The van der Waals surface area contributed by atoms with Crippen LogP contribution in [-0.2, 0) is 40.9 Å². The van der Waals surface area contributed by atoms with E-state index in [4.69, 9.17) is 19.9 Å². The number of hydrogen-bond donors (Lipinski definition) is 6. The van der Waals surface area contributed by atoms with Crippen molar-refractivity contribution in [3.8, 4) is 11.5 Å². The summed E-state index contributed by atoms with van der Waals surface area (Å²) in [5, 5.41) is 47.7. The van der Waals surface area contributed by atoms with E-state index >= 15 is 0 Å². The Morgan fingerprint density at radius 1 is 0.912 bits per heavy atom. The molecule has 1 fully saturated rings. The van der Waals surface area contributed by atoms with Crippen molar-refractivity contribution in [3.63, 3.8) is 0 Å². The normalized spacial score (nSPS) is 25.2. The van der Waals surface area contributed by atoms with Crippen molar-refractivity contribution in [3.05, 3.63) is 112 Å². The number of nitrogens with two attached hydrogens (primary N) is 1. The number of aliphatic hydroxyl groups is 3. The molecule has 0 saturated carbocycles. The van der Waals surface area contributed by atoms with Crippen LogP contribution in [0.5, 0.6) is 11.5 Å². The average molecular weight is 778 g/mol. The van der Waals surface area contributed by atoms with Crippen LogP contribution in [0.2, 0.25) is 0 Å². The molecule has 4 aliphatic rings. The minimum atomic E-state index is -0.629. The Balaban J connectivity index is 1.23. The fraction of sp³-hybridized carbons (Fsp3) is 0.489. The maximum atomic E-state index is 11.4. The van der Waals surface area contributed by atoms with Gasteiger partial charge in [0.05, 0.1) is 38.2 Å². The number of nitrogens with zero attached hydrogens (tertiary/aromatic N) is 1. The lowest BCUT2D eigenvalue weighted by Gasteiger charge is -2.49. The van der Waals surface area contributed by atoms with E-state index in [1.54, 1.807) is 6.07 Å². The molecule has 1 aliphatic carbocycles. The van der Waals surface area contributed by atoms with Crippen LogP contribution in [0.25, 0.3) is 16.6 Å². The highest BCUT2D eigenvalue weighted by atomic mass is 16.5. The largest absolute Gasteiger partial charge is 0.504 e. The second-order valence-electron chi connectivity index (χ2n) is 16.6. The second-order valence-corrected chi connectivity index (χ2v) is 16.6. The van der Waals surface area contributed by atoms with Crippen LogP contribution in [0.15, 0.2) is 78.6 Å². The van der Waals surface area contributed by atoms with Gasteiger partial charge in [0.25, 0.3) is 0 Å². The molecular weight excluding hydrogens is 719 g/mol. The van der Waals surface area contributed by atoms with Gasteiger partial charge in [-0.15, -0.1) is 0 Å². The lowest BCUT2D eigenvalue weighted by molar-refractivity contribution is 0.00498. The summed E-state index contributed by atoms with van der Waals surface area (Å²) < 4.78 is 21.5. The van der Waals surface area contributed by atoms with Gasteiger partial charge >= 0.3 is 0 Å². The number of phenolic OH excluding ortho intramolecular Hbond substituents is 1. The molecule has 10 nitrogen and oxygen atoms in total. The molecule has 304 valence electrons. The molecule has 0 spiro atoms. The highest BCUT2D eigenvalue weighted by molar-refractivity contribution is 5.88. The van der Waals surface area contributed by atoms with E-state index in [2.05, 4.69) is 58.7 Å². The summed E-state index contributed by atoms with van der Waals surface area (Å²) in [5.74, 6) is 1.51. The molecule has 4 aromatic rings. The third kappa shape index (κ3) is 8.40. The van der Waals surface area contributed by atoms with Gasteiger partial charge in [-0.05, 0) is 115 Å². The van der Waals surface area contributed by atoms with Crippen molar-refractivity contribution in [2.75, 3.05) is 26.4 Å². The van der Waals surface area contributed by atoms with Crippen molar-refractivity contribution in [1.29, 1.82) is 0 Å². The molecule has 1 saturated heterocycles. The van der Waals surface area contributed by atoms with Crippen LogP contribution in [0.1, 0.15) is 97.6 Å². The molecule has 3 aromatic carbocycles. The van der Waals surface area contributed by atoms with E-state index in [0.29, 0.717) is 49.7 Å². The zero-order valence-corrected chi connectivity index (χ0v) is 33.0. The molecule has 1 aromatic heterocycles. The van der Waals surface area contributed by atoms with E-state index in [9.17, 15) is 20.4 Å². The number of aliphatic hydroxyl groups excluding tert-OH is 3. The Labute approximate surface area is 336 Å². The average Bonchev–Trinajstić information content (AvgIpc) is 3.67. The van der Waals surface area contributed by atoms with Gasteiger partial charge in [-0.2, -0.15) is 0 Å². The van der Waals surface area contributed by atoms with Crippen LogP contribution in [0.4, 0.5) is 0 Å². The molecular formula is C47H59N3O7. The van der Waals surface area contributed by atoms with Crippen molar-refractivity contribution >= 4 is 16.6 Å². The number of dihydropyridines is 1. The van der Waals surface area contributed by atoms with E-state index in [-0.39, 0.29) is 43.3 Å². The molecule has 57 heavy (non-hydrogen) atoms. The lowest BCUT2D eigenvalue weighted by Crippen LogP contribution is -2.47. The van der Waals surface area contributed by atoms with Gasteiger partial charge in [0.1, 0.15) is 12.4 Å². The van der Waals surface area contributed by atoms with Crippen LogP contribution in [0.3, 0.4) is 0 Å². The van der Waals surface area contributed by atoms with E-state index in [0.717, 1.165) is 97.7 Å². The zero-order valence-electron chi connectivity index (χ0n) is 33.0. The Hall–Kier alpha value is -4.16. The minimum Gasteiger partial charge on any atom is -0.504 e. The summed E-state index contributed by atoms with van der Waals surface area (Å²) in [7, 11) is 0. The second kappa shape index (κ2) is 17.8. The monoisotopic (exact) mass is 777 g/mol. The molecule has 4 bridgehead atoms. The number of unbranched alkanes of at least 4 members (excludes halogenated alkanes) is 4. The fourth-order valence-electron chi connectivity index (χ4n) is 9.86. The number of rotatable bonds is 9. The van der Waals surface area contributed by atoms with E-state index in [1.165, 1.54) is 16.7 Å². The number of hydrogen-bond acceptors (Lipinski definition) is 9. The quantitative estimate of drug-likeness (QED) is 0.102. The van der Waals surface area contributed by atoms with Gasteiger partial charge in [0, 0.05) is 47.4 Å². The number of nitrogens with one attached hydrogen (secondary N) is 1. The predicted molar refractivity (Wildman–Crippen MR) is 222 cm³/mol. The van der Waals surface area contributed by atoms with Crippen LogP contribution in [-0.4, -0.2) is 69.8 Å². The lowest BCUT2D eigenvalue weighted by atomic mass is 9.57. The highest BCUT2D eigenvalue weighted by Gasteiger charge is 2.47. The van der Waals surface area contributed by atoms with Gasteiger partial charge in [-0.1, -0.05) is 62.1 Å². The molecule has 4 heterocycles. The summed E-state index contributed by atoms with van der Waals surface area (Å²) in [5.41, 5.74) is 13.7. The summed E-state index contributed by atoms with van der Waals surface area (Å²) in [6, 6.07) is 17.0. The maximum absolute atomic E-state index is 11.4. The number of aromatic nitrogens is 1. The number of aryl methyl sites for hydroxylation is 2. The third-order valence-corrected chi connectivity index (χ3v) is 12.9. The number of ether oxygens (including phenoxy) is 3. The van der Waals surface area contributed by atoms with E-state index < -0.39 is 6.10 Å². The van der Waals surface area contributed by atoms with Gasteiger partial charge < -0.3 is 50.3 Å². The highest BCUT2D eigenvalue weighted by Crippen LogP contribution is 2.52. The zero-order chi connectivity index (χ0) is 39.4. The summed E-state index contributed by atoms with van der Waals surface area (Å²) in [4.78, 5) is 0. The Morgan fingerprint density at radius 3 is 2.63 bits per heavy atom. The smallest absolute Gasteiger partial charge is 0.161 e. The van der Waals surface area contributed by atoms with Crippen LogP contribution in [0, 0.1) is 5.92 Å². The SMILES string of the molecule is NC1C=CC2=C(N1)n1cc3cc([C@]45CCOC[C@@H]4CCc4ccccc45)cc(c3c1)COc1cc(c(CO)cc1O)CC[C@@H](O)C[C@H](CCCCCCCO)OC2. The molecule has 7 N–H and O–H groups in total. The Morgan fingerprint density at radius 2 is 1.75 bits per heavy atom. The number of phenols is 1. The fourth-order valence-corrected chi connectivity index (χ4v) is 9.86. The number of fused-ring (bicyclic) bond motifs is 7. The molecule has 8 rings (SSSR count). The van der Waals surface area contributed by atoms with Crippen molar-refractivity contribution in [2.24, 2.45) is 11.7 Å². The van der Waals surface area contributed by atoms with Crippen LogP contribution >= 0.6 is 0 Å². The molecule has 0 amide bonds. The molecule has 1 unspecified atom stereocenters. The van der Waals surface area contributed by atoms with Gasteiger partial charge in [0.15, 0.2) is 11.5 Å². The van der Waals surface area contributed by atoms with Gasteiger partial charge in [0.2, 0.25) is 0 Å². The van der Waals surface area contributed by atoms with Crippen molar-refractivity contribution in [1.82, 2.24) is 9.88 Å². The van der Waals surface area contributed by atoms with Crippen molar-refractivity contribution in [2.45, 2.75) is 114 Å². The summed E-state index contributed by atoms with van der Waals surface area (Å²) >= 11 is 0. The number of aromatic hydroxyl groups is 1. The molecule has 3 aliphatic heterocycles. The standard InChI is InChI=1S/C47H59N3O7/c48-45-16-13-33-28-56-40(9-4-2-1-3-7-18-51)24-39(53)15-12-32-23-44(43(54)22-35(32)27-52)57-29-36-21-38(20-34-25-50(26-41(34)36)46(33)49-45)47-17-19-55-30-37(47)14-11-31-8-5-6-10-42(31)47/h5-6,8,10,13,16,20-23,25-26,37,39-40,45,49,51-54H,1-4,7,9,11-12,14-15,17-19,24,27-30,48H2/t37-,39+,40-,45?,47-/m0/s1. The summed E-state index contributed by atoms with van der Waals surface area (Å²) in [6.07, 6.45) is 17.2. The Kier molecular flexibility index (Phi) is 12.4. The van der Waals surface area contributed by atoms with Gasteiger partial charge in [-0.3, -0.25) is 0 Å². The predicted octanol–water partition coefficient (Wildman–Crippen LogP) is 6.72. The first-order valence-corrected chi connectivity index (χ1v) is 21.1. The third-order valence-electron chi connectivity index (χ3n) is 12.9. The minimum absolute atomic E-state index is 0.0264. The molecule has 10 heteroatoms. The molecule has 0 radical (unpaired) electrons. The first kappa shape index (κ1) is 39.7. The topological polar surface area (TPSA) is 152 Å². The molecule has 5 atom stereocenters. The Bertz CT molecular complexity index is 2090. The van der Waals surface area contributed by atoms with Gasteiger partial charge in [-0.25, -0.2) is 0 Å². The van der Waals surface area contributed by atoms with E-state index in [1.807, 2.05) is 18.2 Å². The summed E-state index contributed by atoms with van der Waals surface area (Å²) in [6.45, 7) is 1.96.